The van der Waals surface area contributed by atoms with E-state index < -0.39 is 0 Å². The van der Waals surface area contributed by atoms with Gasteiger partial charge < -0.3 is 20.1 Å². The molecule has 1 aromatic heterocycles. The number of methoxy groups -OCH3 is 1. The predicted molar refractivity (Wildman–Crippen MR) is 105 cm³/mol. The van der Waals surface area contributed by atoms with Crippen LogP contribution in [0.15, 0.2) is 23.0 Å². The summed E-state index contributed by atoms with van der Waals surface area (Å²) in [6.45, 7) is 4.06. The Labute approximate surface area is 163 Å². The smallest absolute Gasteiger partial charge is 0.345 e. The van der Waals surface area contributed by atoms with Crippen LogP contribution in [0.3, 0.4) is 0 Å². The largest absolute Gasteiger partial charge is 0.493 e. The van der Waals surface area contributed by atoms with Crippen LogP contribution in [0, 0.1) is 0 Å². The molecule has 2 heterocycles. The maximum absolute atomic E-state index is 12.3. The van der Waals surface area contributed by atoms with Crippen LogP contribution >= 0.6 is 0 Å². The number of amides is 2. The van der Waals surface area contributed by atoms with Crippen LogP contribution in [0.4, 0.5) is 10.5 Å². The summed E-state index contributed by atoms with van der Waals surface area (Å²) in [4.78, 5) is 24.4. The number of aromatic nitrogens is 3. The number of rotatable bonds is 8. The molecule has 0 bridgehead atoms. The summed E-state index contributed by atoms with van der Waals surface area (Å²) in [7, 11) is 1.57. The van der Waals surface area contributed by atoms with Gasteiger partial charge >= 0.3 is 11.7 Å². The lowest BCUT2D eigenvalue weighted by atomic mass is 10.2. The molecule has 152 valence electrons. The number of hydrogen-bond donors (Lipinski definition) is 2. The summed E-state index contributed by atoms with van der Waals surface area (Å²) in [5, 5.41) is 9.95. The fourth-order valence-corrected chi connectivity index (χ4v) is 3.22. The van der Waals surface area contributed by atoms with Crippen molar-refractivity contribution in [3.8, 4) is 11.5 Å². The first-order valence-electron chi connectivity index (χ1n) is 9.64. The lowest BCUT2D eigenvalue weighted by Gasteiger charge is -2.12. The predicted octanol–water partition coefficient (Wildman–Crippen LogP) is 2.00. The molecule has 1 aliphatic rings. The molecule has 2 amide bonds. The molecule has 9 nitrogen and oxygen atoms in total. The minimum atomic E-state index is -0.316. The van der Waals surface area contributed by atoms with Gasteiger partial charge in [0.1, 0.15) is 5.82 Å². The lowest BCUT2D eigenvalue weighted by molar-refractivity contribution is 0.251. The van der Waals surface area contributed by atoms with Crippen LogP contribution in [0.5, 0.6) is 11.5 Å². The van der Waals surface area contributed by atoms with E-state index in [9.17, 15) is 9.59 Å². The number of carbonyl (C=O) groups is 1. The van der Waals surface area contributed by atoms with Gasteiger partial charge in [-0.3, -0.25) is 4.57 Å². The molecule has 9 heteroatoms. The Balaban J connectivity index is 1.47. The van der Waals surface area contributed by atoms with Gasteiger partial charge in [0.25, 0.3) is 0 Å². The molecule has 0 spiro atoms. The number of ether oxygens (including phenoxy) is 2. The molecule has 0 aliphatic carbocycles. The van der Waals surface area contributed by atoms with Crippen molar-refractivity contribution in [3.63, 3.8) is 0 Å². The third kappa shape index (κ3) is 4.65. The van der Waals surface area contributed by atoms with Crippen molar-refractivity contribution in [2.75, 3.05) is 25.6 Å². The average Bonchev–Trinajstić information content (AvgIpc) is 3.02. The summed E-state index contributed by atoms with van der Waals surface area (Å²) in [5.74, 6) is 2.05. The molecular formula is C19H27N5O4. The summed E-state index contributed by atoms with van der Waals surface area (Å²) < 4.78 is 14.0. The summed E-state index contributed by atoms with van der Waals surface area (Å²) >= 11 is 0. The van der Waals surface area contributed by atoms with Gasteiger partial charge in [-0.1, -0.05) is 0 Å². The van der Waals surface area contributed by atoms with E-state index in [1.165, 1.54) is 4.68 Å². The van der Waals surface area contributed by atoms with E-state index in [-0.39, 0.29) is 11.7 Å². The summed E-state index contributed by atoms with van der Waals surface area (Å²) in [5.41, 5.74) is 0.556. The van der Waals surface area contributed by atoms with Crippen molar-refractivity contribution < 1.29 is 14.3 Å². The first-order valence-corrected chi connectivity index (χ1v) is 9.64. The Morgan fingerprint density at radius 1 is 1.29 bits per heavy atom. The minimum Gasteiger partial charge on any atom is -0.493 e. The zero-order valence-corrected chi connectivity index (χ0v) is 16.4. The third-order valence-electron chi connectivity index (χ3n) is 4.59. The van der Waals surface area contributed by atoms with Crippen LogP contribution < -0.4 is 25.8 Å². The van der Waals surface area contributed by atoms with E-state index >= 15 is 0 Å². The Morgan fingerprint density at radius 3 is 2.89 bits per heavy atom. The number of aryl methyl sites for hydroxylation is 2. The van der Waals surface area contributed by atoms with Crippen molar-refractivity contribution in [1.29, 1.82) is 0 Å². The van der Waals surface area contributed by atoms with Gasteiger partial charge in [-0.05, 0) is 38.3 Å². The van der Waals surface area contributed by atoms with E-state index in [0.29, 0.717) is 43.3 Å². The Morgan fingerprint density at radius 2 is 2.14 bits per heavy atom. The number of carbonyl (C=O) groups excluding carboxylic acids is 1. The number of nitrogens with one attached hydrogen (secondary N) is 2. The highest BCUT2D eigenvalue weighted by atomic mass is 16.5. The van der Waals surface area contributed by atoms with E-state index in [0.717, 1.165) is 31.6 Å². The van der Waals surface area contributed by atoms with Crippen LogP contribution in [-0.2, 0) is 19.5 Å². The van der Waals surface area contributed by atoms with Crippen LogP contribution in [0.2, 0.25) is 0 Å². The summed E-state index contributed by atoms with van der Waals surface area (Å²) in [6.07, 6.45) is 3.58. The quantitative estimate of drug-likeness (QED) is 0.673. The molecule has 1 aliphatic heterocycles. The molecule has 0 saturated heterocycles. The van der Waals surface area contributed by atoms with E-state index in [1.54, 1.807) is 29.9 Å². The van der Waals surface area contributed by atoms with Gasteiger partial charge in [-0.2, -0.15) is 5.10 Å². The number of urea groups is 1. The van der Waals surface area contributed by atoms with Crippen molar-refractivity contribution in [2.45, 2.75) is 45.7 Å². The zero-order chi connectivity index (χ0) is 19.9. The Kier molecular flexibility index (Phi) is 6.57. The number of fused-ring (bicyclic) bond motifs is 1. The fraction of sp³-hybridized carbons (Fsp3) is 0.526. The van der Waals surface area contributed by atoms with Crippen molar-refractivity contribution in [2.24, 2.45) is 0 Å². The van der Waals surface area contributed by atoms with E-state index in [2.05, 4.69) is 15.7 Å². The number of anilines is 1. The molecular weight excluding hydrogens is 362 g/mol. The van der Waals surface area contributed by atoms with E-state index in [4.69, 9.17) is 9.47 Å². The van der Waals surface area contributed by atoms with Gasteiger partial charge in [-0.25, -0.2) is 14.3 Å². The second-order valence-corrected chi connectivity index (χ2v) is 6.56. The molecule has 0 atom stereocenters. The molecule has 3 rings (SSSR count). The molecule has 0 unspecified atom stereocenters. The molecule has 0 fully saturated rings. The van der Waals surface area contributed by atoms with Crippen LogP contribution in [0.25, 0.3) is 0 Å². The highest BCUT2D eigenvalue weighted by Crippen LogP contribution is 2.30. The maximum Gasteiger partial charge on any atom is 0.345 e. The first kappa shape index (κ1) is 19.8. The topological polar surface area (TPSA) is 99.4 Å². The normalized spacial score (nSPS) is 12.9. The SMILES string of the molecule is CCOc1cc(NC(=O)NCCCn2nc3n(c2=O)CCCC3)ccc1OC. The molecule has 2 N–H and O–H groups in total. The van der Waals surface area contributed by atoms with Crippen molar-refractivity contribution in [1.82, 2.24) is 19.7 Å². The van der Waals surface area contributed by atoms with Crippen LogP contribution in [-0.4, -0.2) is 40.6 Å². The monoisotopic (exact) mass is 389 g/mol. The van der Waals surface area contributed by atoms with Gasteiger partial charge in [0.05, 0.1) is 13.7 Å². The zero-order valence-electron chi connectivity index (χ0n) is 16.4. The van der Waals surface area contributed by atoms with E-state index in [1.807, 2.05) is 6.92 Å². The fourth-order valence-electron chi connectivity index (χ4n) is 3.22. The lowest BCUT2D eigenvalue weighted by Crippen LogP contribution is -2.31. The average molecular weight is 389 g/mol. The van der Waals surface area contributed by atoms with Gasteiger partial charge in [0, 0.05) is 37.8 Å². The minimum absolute atomic E-state index is 0.0548. The second kappa shape index (κ2) is 9.29. The molecule has 0 saturated carbocycles. The molecule has 0 radical (unpaired) electrons. The molecule has 2 aromatic rings. The molecule has 28 heavy (non-hydrogen) atoms. The maximum atomic E-state index is 12.3. The number of hydrogen-bond acceptors (Lipinski definition) is 5. The third-order valence-corrected chi connectivity index (χ3v) is 4.59. The van der Waals surface area contributed by atoms with Crippen molar-refractivity contribution >= 4 is 11.7 Å². The summed E-state index contributed by atoms with van der Waals surface area (Å²) in [6, 6.07) is 4.89. The second-order valence-electron chi connectivity index (χ2n) is 6.56. The Hall–Kier alpha value is -2.97. The highest BCUT2D eigenvalue weighted by Gasteiger charge is 2.16. The van der Waals surface area contributed by atoms with Gasteiger partial charge in [0.2, 0.25) is 0 Å². The highest BCUT2D eigenvalue weighted by molar-refractivity contribution is 5.89. The first-order chi connectivity index (χ1) is 13.6. The van der Waals surface area contributed by atoms with Gasteiger partial charge in [0.15, 0.2) is 11.5 Å². The van der Waals surface area contributed by atoms with Crippen molar-refractivity contribution in [3.05, 3.63) is 34.5 Å². The Bertz CT molecular complexity index is 874. The number of nitrogens with zero attached hydrogens (tertiary/aromatic N) is 3. The van der Waals surface area contributed by atoms with Crippen LogP contribution in [0.1, 0.15) is 32.0 Å². The molecule has 1 aromatic carbocycles. The number of benzene rings is 1. The standard InChI is InChI=1S/C19H27N5O4/c1-3-28-16-13-14(8-9-15(16)27-2)21-18(25)20-10-6-12-24-19(26)23-11-5-4-7-17(23)22-24/h8-9,13H,3-7,10-12H2,1-2H3,(H2,20,21,25). The van der Waals surface area contributed by atoms with Gasteiger partial charge in [-0.15, -0.1) is 0 Å².